The van der Waals surface area contributed by atoms with Crippen molar-refractivity contribution in [2.75, 3.05) is 18.8 Å². The molecule has 7 heteroatoms. The molecule has 4 nitrogen and oxygen atoms in total. The number of hydroxylamine groups is 1. The lowest BCUT2D eigenvalue weighted by Crippen LogP contribution is -2.32. The maximum Gasteiger partial charge on any atom is 0.438 e. The maximum absolute atomic E-state index is 11.8. The Labute approximate surface area is 127 Å². The normalized spacial score (nSPS) is 11.2. The molecule has 1 rings (SSSR count). The Morgan fingerprint density at radius 2 is 1.84 bits per heavy atom. The highest BCUT2D eigenvalue weighted by Gasteiger charge is 2.25. The van der Waals surface area contributed by atoms with Crippen molar-refractivity contribution in [3.8, 4) is 0 Å². The second-order valence-electron chi connectivity index (χ2n) is 3.67. The molecule has 0 fully saturated rings. The number of nitrogens with zero attached hydrogens (tertiary/aromatic N) is 1. The number of carbonyl (C=O) groups excluding carboxylic acids is 1. The molecule has 1 amide bonds. The highest BCUT2D eigenvalue weighted by Crippen LogP contribution is 2.26. The maximum atomic E-state index is 11.8. The quantitative estimate of drug-likeness (QED) is 0.617. The molecular formula is C12H14Cl3NO3. The van der Waals surface area contributed by atoms with Crippen molar-refractivity contribution < 1.29 is 14.4 Å². The number of halogens is 3. The van der Waals surface area contributed by atoms with Gasteiger partial charge in [-0.2, -0.15) is 5.06 Å². The lowest BCUT2D eigenvalue weighted by atomic mass is 10.1. The molecule has 19 heavy (non-hydrogen) atoms. The van der Waals surface area contributed by atoms with Crippen molar-refractivity contribution in [1.82, 2.24) is 0 Å². The minimum Gasteiger partial charge on any atom is -0.443 e. The van der Waals surface area contributed by atoms with Crippen LogP contribution in [0, 0.1) is 0 Å². The van der Waals surface area contributed by atoms with Crippen molar-refractivity contribution in [2.45, 2.75) is 17.1 Å². The molecule has 0 aliphatic heterocycles. The van der Waals surface area contributed by atoms with Crippen LogP contribution in [-0.4, -0.2) is 23.6 Å². The number of hydrogen-bond acceptors (Lipinski definition) is 3. The molecule has 0 bridgehead atoms. The number of aryl methyl sites for hydroxylation is 1. The van der Waals surface area contributed by atoms with Crippen LogP contribution >= 0.6 is 34.8 Å². The zero-order valence-corrected chi connectivity index (χ0v) is 12.8. The van der Waals surface area contributed by atoms with Gasteiger partial charge in [-0.15, -0.1) is 0 Å². The van der Waals surface area contributed by atoms with E-state index in [9.17, 15) is 4.79 Å². The summed E-state index contributed by atoms with van der Waals surface area (Å²) in [5, 5.41) is 0.982. The molecule has 0 aliphatic carbocycles. The van der Waals surface area contributed by atoms with E-state index in [0.717, 1.165) is 17.0 Å². The van der Waals surface area contributed by atoms with E-state index in [4.69, 9.17) is 44.4 Å². The number of alkyl halides is 3. The summed E-state index contributed by atoms with van der Waals surface area (Å²) in [6.45, 7) is 1.68. The summed E-state index contributed by atoms with van der Waals surface area (Å²) in [6.07, 6.45) is 0.156. The van der Waals surface area contributed by atoms with Gasteiger partial charge in [-0.05, 0) is 24.1 Å². The first kappa shape index (κ1) is 16.4. The summed E-state index contributed by atoms with van der Waals surface area (Å²) in [5.74, 6) is 0. The van der Waals surface area contributed by atoms with Gasteiger partial charge in [-0.25, -0.2) is 4.79 Å². The summed E-state index contributed by atoms with van der Waals surface area (Å²) in [4.78, 5) is 16.7. The number of benzene rings is 1. The third kappa shape index (κ3) is 5.45. The number of anilines is 1. The van der Waals surface area contributed by atoms with Gasteiger partial charge in [0.2, 0.25) is 3.79 Å². The van der Waals surface area contributed by atoms with Gasteiger partial charge in [0.05, 0.1) is 12.8 Å². The Hall–Kier alpha value is -0.680. The number of rotatable bonds is 4. The molecule has 0 heterocycles. The Bertz CT molecular complexity index is 417. The second kappa shape index (κ2) is 7.20. The summed E-state index contributed by atoms with van der Waals surface area (Å²) in [6, 6.07) is 7.28. The second-order valence-corrected chi connectivity index (χ2v) is 6.18. The Morgan fingerprint density at radius 3 is 2.26 bits per heavy atom. The molecule has 0 spiro atoms. The van der Waals surface area contributed by atoms with Crippen LogP contribution in [0.1, 0.15) is 12.5 Å². The van der Waals surface area contributed by atoms with E-state index in [2.05, 4.69) is 0 Å². The summed E-state index contributed by atoms with van der Waals surface area (Å²) >= 11 is 16.5. The molecule has 0 atom stereocenters. The predicted molar refractivity (Wildman–Crippen MR) is 76.9 cm³/mol. The molecule has 106 valence electrons. The lowest BCUT2D eigenvalue weighted by molar-refractivity contribution is 0.101. The Morgan fingerprint density at radius 1 is 1.26 bits per heavy atom. The molecule has 0 saturated carbocycles. The topological polar surface area (TPSA) is 38.8 Å². The fourth-order valence-corrected chi connectivity index (χ4v) is 1.52. The third-order valence-electron chi connectivity index (χ3n) is 2.29. The van der Waals surface area contributed by atoms with Crippen LogP contribution < -0.4 is 5.06 Å². The van der Waals surface area contributed by atoms with Crippen molar-refractivity contribution in [1.29, 1.82) is 0 Å². The van der Waals surface area contributed by atoms with Gasteiger partial charge in [0.25, 0.3) is 0 Å². The fraction of sp³-hybridized carbons (Fsp3) is 0.417. The smallest absolute Gasteiger partial charge is 0.438 e. The first-order valence-corrected chi connectivity index (χ1v) is 6.67. The average Bonchev–Trinajstić information content (AvgIpc) is 2.37. The minimum atomic E-state index is -1.65. The van der Waals surface area contributed by atoms with E-state index in [-0.39, 0.29) is 6.61 Å². The number of carbonyl (C=O) groups is 1. The molecule has 0 saturated heterocycles. The van der Waals surface area contributed by atoms with E-state index in [0.29, 0.717) is 5.69 Å². The molecule has 0 unspecified atom stereocenters. The fourth-order valence-electron chi connectivity index (χ4n) is 1.35. The van der Waals surface area contributed by atoms with Crippen LogP contribution in [0.25, 0.3) is 0 Å². The molecule has 0 aliphatic rings. The first-order chi connectivity index (χ1) is 8.87. The van der Waals surface area contributed by atoms with Crippen LogP contribution in [0.3, 0.4) is 0 Å². The van der Waals surface area contributed by atoms with Gasteiger partial charge >= 0.3 is 6.09 Å². The van der Waals surface area contributed by atoms with E-state index in [1.165, 1.54) is 7.11 Å². The van der Waals surface area contributed by atoms with Crippen molar-refractivity contribution in [2.24, 2.45) is 0 Å². The van der Waals surface area contributed by atoms with Crippen LogP contribution in [0.4, 0.5) is 10.5 Å². The summed E-state index contributed by atoms with van der Waals surface area (Å²) in [7, 11) is 1.35. The molecule has 0 aromatic heterocycles. The average molecular weight is 327 g/mol. The van der Waals surface area contributed by atoms with Crippen LogP contribution in [-0.2, 0) is 16.0 Å². The van der Waals surface area contributed by atoms with Gasteiger partial charge in [0.15, 0.2) is 0 Å². The first-order valence-electron chi connectivity index (χ1n) is 5.54. The van der Waals surface area contributed by atoms with E-state index in [1.807, 2.05) is 19.1 Å². The van der Waals surface area contributed by atoms with Crippen molar-refractivity contribution >= 4 is 46.6 Å². The lowest BCUT2D eigenvalue weighted by Gasteiger charge is -2.20. The molecule has 0 radical (unpaired) electrons. The predicted octanol–water partition coefficient (Wildman–Crippen LogP) is 4.12. The zero-order valence-electron chi connectivity index (χ0n) is 10.5. The zero-order chi connectivity index (χ0) is 14.5. The van der Waals surface area contributed by atoms with Crippen LogP contribution in [0.2, 0.25) is 0 Å². The summed E-state index contributed by atoms with van der Waals surface area (Å²) in [5.41, 5.74) is 1.68. The van der Waals surface area contributed by atoms with Gasteiger partial charge in [0, 0.05) is 0 Å². The largest absolute Gasteiger partial charge is 0.443 e. The highest BCUT2D eigenvalue weighted by molar-refractivity contribution is 6.67. The Balaban J connectivity index is 2.73. The molecule has 1 aromatic rings. The van der Waals surface area contributed by atoms with Gasteiger partial charge in [-0.1, -0.05) is 53.9 Å². The van der Waals surface area contributed by atoms with Crippen LogP contribution in [0.5, 0.6) is 0 Å². The Kier molecular flexibility index (Phi) is 6.20. The van der Waals surface area contributed by atoms with E-state index >= 15 is 0 Å². The van der Waals surface area contributed by atoms with Crippen molar-refractivity contribution in [3.05, 3.63) is 29.8 Å². The van der Waals surface area contributed by atoms with Gasteiger partial charge in [0.1, 0.15) is 6.61 Å². The van der Waals surface area contributed by atoms with Gasteiger partial charge < -0.3 is 4.74 Å². The third-order valence-corrected chi connectivity index (χ3v) is 2.61. The molecule has 1 aromatic carbocycles. The monoisotopic (exact) mass is 325 g/mol. The van der Waals surface area contributed by atoms with E-state index < -0.39 is 9.89 Å². The standard InChI is InChI=1S/C12H14Cl3NO3/c1-3-9-4-6-10(7-5-9)16(18-2)11(17)19-8-12(13,14)15/h4-7H,3,8H2,1-2H3. The van der Waals surface area contributed by atoms with E-state index in [1.54, 1.807) is 12.1 Å². The summed E-state index contributed by atoms with van der Waals surface area (Å²) < 4.78 is 3.18. The molecular weight excluding hydrogens is 312 g/mol. The highest BCUT2D eigenvalue weighted by atomic mass is 35.6. The van der Waals surface area contributed by atoms with Crippen LogP contribution in [0.15, 0.2) is 24.3 Å². The number of hydrogen-bond donors (Lipinski definition) is 0. The SMILES string of the molecule is CCc1ccc(N(OC)C(=O)OCC(Cl)(Cl)Cl)cc1. The van der Waals surface area contributed by atoms with Gasteiger partial charge in [-0.3, -0.25) is 4.84 Å². The number of ether oxygens (including phenoxy) is 1. The molecule has 0 N–H and O–H groups in total. The number of amides is 1. The minimum absolute atomic E-state index is 0.358. The van der Waals surface area contributed by atoms with Crippen molar-refractivity contribution in [3.63, 3.8) is 0 Å².